The number of benzene rings is 2. The second kappa shape index (κ2) is 5.53. The van der Waals surface area contributed by atoms with Gasteiger partial charge >= 0.3 is 0 Å². The summed E-state index contributed by atoms with van der Waals surface area (Å²) in [6.07, 6.45) is 0. The van der Waals surface area contributed by atoms with E-state index in [4.69, 9.17) is 0 Å². The van der Waals surface area contributed by atoms with E-state index in [1.807, 2.05) is 12.1 Å². The first-order valence-electron chi connectivity index (χ1n) is 5.82. The van der Waals surface area contributed by atoms with Crippen molar-refractivity contribution in [3.05, 3.63) is 63.4 Å². The van der Waals surface area contributed by atoms with Crippen LogP contribution in [0.3, 0.4) is 0 Å². The average Bonchev–Trinajstić information content (AvgIpc) is 2.35. The summed E-state index contributed by atoms with van der Waals surface area (Å²) in [5.41, 5.74) is 4.48. The van der Waals surface area contributed by atoms with Crippen LogP contribution in [0.25, 0.3) is 0 Å². The van der Waals surface area contributed by atoms with Gasteiger partial charge in [0.25, 0.3) is 0 Å². The minimum absolute atomic E-state index is 0.212. The van der Waals surface area contributed by atoms with Crippen molar-refractivity contribution in [2.75, 3.05) is 5.32 Å². The lowest BCUT2D eigenvalue weighted by atomic mass is 10.1. The van der Waals surface area contributed by atoms with Crippen LogP contribution in [-0.2, 0) is 6.54 Å². The topological polar surface area (TPSA) is 12.0 Å². The number of halogens is 2. The van der Waals surface area contributed by atoms with Gasteiger partial charge in [-0.2, -0.15) is 0 Å². The molecular weight excluding hydrogens is 293 g/mol. The average molecular weight is 308 g/mol. The van der Waals surface area contributed by atoms with Crippen molar-refractivity contribution in [3.63, 3.8) is 0 Å². The second-order valence-corrected chi connectivity index (χ2v) is 5.19. The molecule has 2 aromatic carbocycles. The molecular formula is C15H15BrFN. The summed E-state index contributed by atoms with van der Waals surface area (Å²) in [6, 6.07) is 10.9. The highest BCUT2D eigenvalue weighted by Gasteiger charge is 2.04. The maximum Gasteiger partial charge on any atom is 0.123 e. The molecule has 0 aliphatic rings. The first kappa shape index (κ1) is 13.1. The molecule has 0 heterocycles. The highest BCUT2D eigenvalue weighted by Crippen LogP contribution is 2.22. The van der Waals surface area contributed by atoms with Crippen molar-refractivity contribution < 1.29 is 4.39 Å². The molecule has 94 valence electrons. The lowest BCUT2D eigenvalue weighted by molar-refractivity contribution is 0.625. The maximum absolute atomic E-state index is 13.2. The van der Waals surface area contributed by atoms with Crippen LogP contribution in [0.1, 0.15) is 16.7 Å². The van der Waals surface area contributed by atoms with Crippen molar-refractivity contribution in [1.82, 2.24) is 0 Å². The van der Waals surface area contributed by atoms with E-state index in [-0.39, 0.29) is 5.82 Å². The monoisotopic (exact) mass is 307 g/mol. The fourth-order valence-corrected chi connectivity index (χ4v) is 2.20. The quantitative estimate of drug-likeness (QED) is 0.857. The van der Waals surface area contributed by atoms with Crippen LogP contribution >= 0.6 is 15.9 Å². The van der Waals surface area contributed by atoms with Gasteiger partial charge in [0.2, 0.25) is 0 Å². The van der Waals surface area contributed by atoms with E-state index in [1.165, 1.54) is 17.2 Å². The van der Waals surface area contributed by atoms with E-state index >= 15 is 0 Å². The zero-order valence-corrected chi connectivity index (χ0v) is 12.0. The van der Waals surface area contributed by atoms with Crippen molar-refractivity contribution in [1.29, 1.82) is 0 Å². The molecule has 0 bridgehead atoms. The van der Waals surface area contributed by atoms with Gasteiger partial charge in [0.1, 0.15) is 5.82 Å². The van der Waals surface area contributed by atoms with E-state index in [2.05, 4.69) is 41.2 Å². The lowest BCUT2D eigenvalue weighted by Gasteiger charge is -2.12. The summed E-state index contributed by atoms with van der Waals surface area (Å²) in [5.74, 6) is -0.212. The van der Waals surface area contributed by atoms with Crippen LogP contribution < -0.4 is 5.32 Å². The third-order valence-corrected chi connectivity index (χ3v) is 3.86. The third-order valence-electron chi connectivity index (χ3n) is 3.08. The van der Waals surface area contributed by atoms with E-state index in [0.29, 0.717) is 6.54 Å². The lowest BCUT2D eigenvalue weighted by Crippen LogP contribution is -2.02. The SMILES string of the molecule is Cc1cccc(NCc2cc(F)ccc2Br)c1C. The van der Waals surface area contributed by atoms with Gasteiger partial charge in [0.15, 0.2) is 0 Å². The molecule has 1 nitrogen and oxygen atoms in total. The van der Waals surface area contributed by atoms with Crippen molar-refractivity contribution in [2.24, 2.45) is 0 Å². The van der Waals surface area contributed by atoms with Crippen LogP contribution in [0.15, 0.2) is 40.9 Å². The molecule has 0 spiro atoms. The maximum atomic E-state index is 13.2. The second-order valence-electron chi connectivity index (χ2n) is 4.34. The summed E-state index contributed by atoms with van der Waals surface area (Å²) in [5, 5.41) is 3.34. The Labute approximate surface area is 115 Å². The van der Waals surface area contributed by atoms with E-state index in [9.17, 15) is 4.39 Å². The standard InChI is InChI=1S/C15H15BrFN/c1-10-4-3-5-15(11(10)2)18-9-12-8-13(17)6-7-14(12)16/h3-8,18H,9H2,1-2H3. The Morgan fingerprint density at radius 1 is 1.17 bits per heavy atom. The highest BCUT2D eigenvalue weighted by atomic mass is 79.9. The fourth-order valence-electron chi connectivity index (χ4n) is 1.81. The van der Waals surface area contributed by atoms with Gasteiger partial charge in [-0.25, -0.2) is 4.39 Å². The van der Waals surface area contributed by atoms with Gasteiger partial charge in [-0.05, 0) is 54.8 Å². The van der Waals surface area contributed by atoms with Crippen LogP contribution in [0.2, 0.25) is 0 Å². The van der Waals surface area contributed by atoms with Gasteiger partial charge in [-0.15, -0.1) is 0 Å². The van der Waals surface area contributed by atoms with Crippen LogP contribution in [0.4, 0.5) is 10.1 Å². The van der Waals surface area contributed by atoms with E-state index in [1.54, 1.807) is 12.1 Å². The summed E-state index contributed by atoms with van der Waals surface area (Å²) in [7, 11) is 0. The predicted molar refractivity (Wildman–Crippen MR) is 77.3 cm³/mol. The molecule has 2 rings (SSSR count). The Morgan fingerprint density at radius 3 is 2.72 bits per heavy atom. The molecule has 0 unspecified atom stereocenters. The Kier molecular flexibility index (Phi) is 4.02. The zero-order chi connectivity index (χ0) is 13.1. The van der Waals surface area contributed by atoms with E-state index < -0.39 is 0 Å². The van der Waals surface area contributed by atoms with Crippen LogP contribution in [-0.4, -0.2) is 0 Å². The molecule has 0 radical (unpaired) electrons. The number of hydrogen-bond acceptors (Lipinski definition) is 1. The molecule has 0 atom stereocenters. The summed E-state index contributed by atoms with van der Waals surface area (Å²) >= 11 is 3.43. The number of nitrogens with one attached hydrogen (secondary N) is 1. The van der Waals surface area contributed by atoms with Gasteiger partial charge in [0.05, 0.1) is 0 Å². The van der Waals surface area contributed by atoms with Crippen LogP contribution in [0, 0.1) is 19.7 Å². The molecule has 0 aliphatic carbocycles. The molecule has 18 heavy (non-hydrogen) atoms. The summed E-state index contributed by atoms with van der Waals surface area (Å²) in [6.45, 7) is 4.76. The molecule has 0 saturated heterocycles. The Morgan fingerprint density at radius 2 is 1.94 bits per heavy atom. The normalized spacial score (nSPS) is 10.4. The third kappa shape index (κ3) is 2.91. The molecule has 0 aliphatic heterocycles. The van der Waals surface area contributed by atoms with Gasteiger partial charge in [-0.1, -0.05) is 28.1 Å². The number of hydrogen-bond donors (Lipinski definition) is 1. The Hall–Kier alpha value is -1.35. The Balaban J connectivity index is 2.16. The molecule has 0 aromatic heterocycles. The number of rotatable bonds is 3. The van der Waals surface area contributed by atoms with Crippen LogP contribution in [0.5, 0.6) is 0 Å². The largest absolute Gasteiger partial charge is 0.381 e. The highest BCUT2D eigenvalue weighted by molar-refractivity contribution is 9.10. The molecule has 0 amide bonds. The molecule has 1 N–H and O–H groups in total. The zero-order valence-electron chi connectivity index (χ0n) is 10.4. The number of aryl methyl sites for hydroxylation is 1. The minimum Gasteiger partial charge on any atom is -0.381 e. The van der Waals surface area contributed by atoms with Gasteiger partial charge < -0.3 is 5.32 Å². The smallest absolute Gasteiger partial charge is 0.123 e. The van der Waals surface area contributed by atoms with E-state index in [0.717, 1.165) is 15.7 Å². The van der Waals surface area contributed by atoms with Gasteiger partial charge in [0, 0.05) is 16.7 Å². The summed E-state index contributed by atoms with van der Waals surface area (Å²) in [4.78, 5) is 0. The fraction of sp³-hybridized carbons (Fsp3) is 0.200. The first-order chi connectivity index (χ1) is 8.58. The van der Waals surface area contributed by atoms with Crippen molar-refractivity contribution >= 4 is 21.6 Å². The molecule has 3 heteroatoms. The predicted octanol–water partition coefficient (Wildman–Crippen LogP) is 4.82. The van der Waals surface area contributed by atoms with Gasteiger partial charge in [-0.3, -0.25) is 0 Å². The molecule has 0 saturated carbocycles. The Bertz CT molecular complexity index is 564. The van der Waals surface area contributed by atoms with Crippen molar-refractivity contribution in [3.8, 4) is 0 Å². The van der Waals surface area contributed by atoms with Crippen molar-refractivity contribution in [2.45, 2.75) is 20.4 Å². The number of anilines is 1. The summed E-state index contributed by atoms with van der Waals surface area (Å²) < 4.78 is 14.1. The molecule has 0 fully saturated rings. The first-order valence-corrected chi connectivity index (χ1v) is 6.61. The minimum atomic E-state index is -0.212. The molecule has 2 aromatic rings.